The van der Waals surface area contributed by atoms with Crippen LogP contribution < -0.4 is 10.6 Å². The Kier molecular flexibility index (Phi) is 3.00. The summed E-state index contributed by atoms with van der Waals surface area (Å²) in [6.07, 6.45) is 4.37. The van der Waals surface area contributed by atoms with Gasteiger partial charge in [0.1, 0.15) is 0 Å². The zero-order chi connectivity index (χ0) is 12.8. The summed E-state index contributed by atoms with van der Waals surface area (Å²) < 4.78 is 5.82. The smallest absolute Gasteiger partial charge is 0.191 e. The van der Waals surface area contributed by atoms with Crippen molar-refractivity contribution >= 4 is 5.96 Å². The van der Waals surface area contributed by atoms with E-state index in [2.05, 4.69) is 29.5 Å². The van der Waals surface area contributed by atoms with Gasteiger partial charge in [-0.05, 0) is 25.2 Å². The predicted octanol–water partition coefficient (Wildman–Crippen LogP) is 1.37. The van der Waals surface area contributed by atoms with Crippen molar-refractivity contribution in [1.82, 2.24) is 10.6 Å². The summed E-state index contributed by atoms with van der Waals surface area (Å²) >= 11 is 0. The molecule has 3 rings (SSSR count). The first kappa shape index (κ1) is 12.3. The molecule has 0 spiro atoms. The molecular formula is C14H25N3O. The van der Waals surface area contributed by atoms with E-state index < -0.39 is 0 Å². The van der Waals surface area contributed by atoms with Crippen LogP contribution in [0.15, 0.2) is 4.99 Å². The molecule has 3 fully saturated rings. The maximum absolute atomic E-state index is 5.82. The second-order valence-corrected chi connectivity index (χ2v) is 6.58. The van der Waals surface area contributed by atoms with Crippen molar-refractivity contribution in [2.75, 3.05) is 20.2 Å². The minimum absolute atomic E-state index is 0.221. The lowest BCUT2D eigenvalue weighted by Crippen LogP contribution is -2.68. The van der Waals surface area contributed by atoms with E-state index in [4.69, 9.17) is 4.74 Å². The number of aliphatic imine (C=N–C) groups is 1. The average Bonchev–Trinajstić information content (AvgIpc) is 3.06. The maximum atomic E-state index is 5.82. The van der Waals surface area contributed by atoms with E-state index in [0.717, 1.165) is 25.0 Å². The molecule has 4 heteroatoms. The first-order valence-corrected chi connectivity index (χ1v) is 7.21. The van der Waals surface area contributed by atoms with Gasteiger partial charge in [-0.15, -0.1) is 0 Å². The maximum Gasteiger partial charge on any atom is 0.191 e. The molecule has 3 unspecified atom stereocenters. The van der Waals surface area contributed by atoms with Crippen LogP contribution in [0.25, 0.3) is 0 Å². The van der Waals surface area contributed by atoms with Gasteiger partial charge in [-0.1, -0.05) is 13.8 Å². The zero-order valence-corrected chi connectivity index (χ0v) is 11.7. The summed E-state index contributed by atoms with van der Waals surface area (Å²) in [5, 5.41) is 7.05. The fourth-order valence-corrected chi connectivity index (χ4v) is 3.52. The lowest BCUT2D eigenvalue weighted by molar-refractivity contribution is -0.106. The van der Waals surface area contributed by atoms with Crippen molar-refractivity contribution in [1.29, 1.82) is 0 Å². The van der Waals surface area contributed by atoms with E-state index in [0.29, 0.717) is 18.1 Å². The first-order chi connectivity index (χ1) is 8.63. The SMILES string of the molecule is CN=C(NCC1CC1)NC1C2CCOC2C1(C)C. The van der Waals surface area contributed by atoms with Gasteiger partial charge in [0.15, 0.2) is 5.96 Å². The van der Waals surface area contributed by atoms with Crippen LogP contribution in [0.3, 0.4) is 0 Å². The Bertz CT molecular complexity index is 349. The lowest BCUT2D eigenvalue weighted by Gasteiger charge is -2.54. The third kappa shape index (κ3) is 2.00. The highest BCUT2D eigenvalue weighted by molar-refractivity contribution is 5.80. The number of hydrogen-bond donors (Lipinski definition) is 2. The highest BCUT2D eigenvalue weighted by atomic mass is 16.5. The van der Waals surface area contributed by atoms with Crippen LogP contribution in [0, 0.1) is 17.3 Å². The molecule has 2 aliphatic carbocycles. The molecule has 0 radical (unpaired) electrons. The fourth-order valence-electron chi connectivity index (χ4n) is 3.52. The lowest BCUT2D eigenvalue weighted by atomic mass is 9.57. The molecule has 4 nitrogen and oxygen atoms in total. The van der Waals surface area contributed by atoms with Crippen LogP contribution in [0.4, 0.5) is 0 Å². The molecule has 2 saturated carbocycles. The Hall–Kier alpha value is -0.770. The Labute approximate surface area is 110 Å². The predicted molar refractivity (Wildman–Crippen MR) is 72.6 cm³/mol. The summed E-state index contributed by atoms with van der Waals surface area (Å²) in [5.41, 5.74) is 0.221. The Balaban J connectivity index is 1.57. The molecule has 0 aromatic rings. The summed E-state index contributed by atoms with van der Waals surface area (Å²) in [6, 6.07) is 0.496. The quantitative estimate of drug-likeness (QED) is 0.588. The largest absolute Gasteiger partial charge is 0.377 e. The van der Waals surface area contributed by atoms with Crippen molar-refractivity contribution < 1.29 is 4.74 Å². The van der Waals surface area contributed by atoms with Crippen molar-refractivity contribution in [3.05, 3.63) is 0 Å². The van der Waals surface area contributed by atoms with Gasteiger partial charge in [0.25, 0.3) is 0 Å². The molecule has 0 amide bonds. The van der Waals surface area contributed by atoms with Gasteiger partial charge in [0, 0.05) is 37.6 Å². The first-order valence-electron chi connectivity index (χ1n) is 7.21. The average molecular weight is 251 g/mol. The number of nitrogens with one attached hydrogen (secondary N) is 2. The summed E-state index contributed by atoms with van der Waals surface area (Å²) in [4.78, 5) is 4.34. The third-order valence-corrected chi connectivity index (χ3v) is 4.87. The van der Waals surface area contributed by atoms with E-state index >= 15 is 0 Å². The molecule has 3 atom stereocenters. The molecule has 3 aliphatic rings. The van der Waals surface area contributed by atoms with Crippen LogP contribution in [0.1, 0.15) is 33.1 Å². The molecule has 0 aromatic heterocycles. The van der Waals surface area contributed by atoms with Crippen LogP contribution in [0.2, 0.25) is 0 Å². The fraction of sp³-hybridized carbons (Fsp3) is 0.929. The molecule has 102 valence electrons. The van der Waals surface area contributed by atoms with E-state index in [-0.39, 0.29) is 5.41 Å². The summed E-state index contributed by atoms with van der Waals surface area (Å²) in [6.45, 7) is 6.58. The number of nitrogens with zero attached hydrogens (tertiary/aromatic N) is 1. The molecule has 18 heavy (non-hydrogen) atoms. The molecular weight excluding hydrogens is 226 g/mol. The Morgan fingerprint density at radius 2 is 2.11 bits per heavy atom. The van der Waals surface area contributed by atoms with Crippen LogP contribution in [0.5, 0.6) is 0 Å². The van der Waals surface area contributed by atoms with Crippen molar-refractivity contribution in [2.24, 2.45) is 22.2 Å². The number of guanidine groups is 1. The Morgan fingerprint density at radius 3 is 2.78 bits per heavy atom. The standard InChI is InChI=1S/C14H25N3O/c1-14(2)11(10-6-7-18-12(10)14)17-13(15-3)16-8-9-4-5-9/h9-12H,4-8H2,1-3H3,(H2,15,16,17). The van der Waals surface area contributed by atoms with Gasteiger partial charge in [0.2, 0.25) is 0 Å². The number of ether oxygens (including phenoxy) is 1. The second kappa shape index (κ2) is 4.41. The molecule has 1 aliphatic heterocycles. The molecule has 2 N–H and O–H groups in total. The zero-order valence-electron chi connectivity index (χ0n) is 11.7. The highest BCUT2D eigenvalue weighted by Crippen LogP contribution is 2.52. The van der Waals surface area contributed by atoms with Crippen molar-refractivity contribution in [3.8, 4) is 0 Å². The molecule has 0 bridgehead atoms. The normalized spacial score (nSPS) is 37.9. The van der Waals surface area contributed by atoms with Crippen molar-refractivity contribution in [2.45, 2.75) is 45.3 Å². The van der Waals surface area contributed by atoms with E-state index in [1.165, 1.54) is 19.3 Å². The van der Waals surface area contributed by atoms with Gasteiger partial charge in [-0.2, -0.15) is 0 Å². The van der Waals surface area contributed by atoms with Crippen LogP contribution >= 0.6 is 0 Å². The second-order valence-electron chi connectivity index (χ2n) is 6.58. The monoisotopic (exact) mass is 251 g/mol. The van der Waals surface area contributed by atoms with Crippen LogP contribution in [-0.4, -0.2) is 38.3 Å². The summed E-state index contributed by atoms with van der Waals surface area (Å²) in [5.74, 6) is 2.50. The van der Waals surface area contributed by atoms with E-state index in [1.54, 1.807) is 0 Å². The topological polar surface area (TPSA) is 45.7 Å². The molecule has 1 saturated heterocycles. The minimum Gasteiger partial charge on any atom is -0.377 e. The van der Waals surface area contributed by atoms with Gasteiger partial charge >= 0.3 is 0 Å². The summed E-state index contributed by atoms with van der Waals surface area (Å²) in [7, 11) is 1.86. The van der Waals surface area contributed by atoms with Crippen LogP contribution in [-0.2, 0) is 4.74 Å². The minimum atomic E-state index is 0.221. The van der Waals surface area contributed by atoms with Gasteiger partial charge < -0.3 is 15.4 Å². The van der Waals surface area contributed by atoms with E-state index in [1.807, 2.05) is 7.05 Å². The van der Waals surface area contributed by atoms with Gasteiger partial charge in [-0.25, -0.2) is 0 Å². The number of hydrogen-bond acceptors (Lipinski definition) is 2. The van der Waals surface area contributed by atoms with Gasteiger partial charge in [-0.3, -0.25) is 4.99 Å². The van der Waals surface area contributed by atoms with Crippen molar-refractivity contribution in [3.63, 3.8) is 0 Å². The Morgan fingerprint density at radius 1 is 1.33 bits per heavy atom. The molecule has 1 heterocycles. The number of fused-ring (bicyclic) bond motifs is 1. The third-order valence-electron chi connectivity index (χ3n) is 4.87. The molecule has 0 aromatic carbocycles. The number of rotatable bonds is 3. The van der Waals surface area contributed by atoms with Gasteiger partial charge in [0.05, 0.1) is 6.10 Å². The van der Waals surface area contributed by atoms with E-state index in [9.17, 15) is 0 Å². The highest BCUT2D eigenvalue weighted by Gasteiger charge is 2.59.